The number of hydrogen-bond donors (Lipinski definition) is 0. The van der Waals surface area contributed by atoms with Crippen LogP contribution in [-0.2, 0) is 11.3 Å². The SMILES string of the molecule is C=CCN(Cc1nc(-c2ccc(Cl)cc2)no1)C(=O)C12CC3CC(CC(C3)C1)C2. The fraction of sp³-hybridized carbons (Fsp3) is 0.522. The van der Waals surface area contributed by atoms with Crippen LogP contribution in [0.1, 0.15) is 44.4 Å². The summed E-state index contributed by atoms with van der Waals surface area (Å²) in [5.41, 5.74) is 0.656. The molecule has 152 valence electrons. The Labute approximate surface area is 176 Å². The molecule has 1 amide bonds. The Bertz CT molecular complexity index is 885. The highest BCUT2D eigenvalue weighted by Crippen LogP contribution is 2.60. The lowest BCUT2D eigenvalue weighted by Crippen LogP contribution is -2.54. The van der Waals surface area contributed by atoms with Gasteiger partial charge in [0, 0.05) is 17.1 Å². The summed E-state index contributed by atoms with van der Waals surface area (Å²) in [6, 6.07) is 7.32. The first-order chi connectivity index (χ1) is 14.0. The van der Waals surface area contributed by atoms with Crippen LogP contribution in [0.5, 0.6) is 0 Å². The molecule has 0 unspecified atom stereocenters. The van der Waals surface area contributed by atoms with Crippen LogP contribution in [0.2, 0.25) is 5.02 Å². The van der Waals surface area contributed by atoms with E-state index >= 15 is 0 Å². The lowest BCUT2D eigenvalue weighted by Gasteiger charge is -2.56. The molecule has 0 atom stereocenters. The lowest BCUT2D eigenvalue weighted by atomic mass is 9.49. The molecular weight excluding hydrogens is 386 g/mol. The number of carbonyl (C=O) groups is 1. The molecule has 0 spiro atoms. The number of rotatable bonds is 6. The maximum Gasteiger partial charge on any atom is 0.246 e. The Morgan fingerprint density at radius 2 is 1.79 bits per heavy atom. The summed E-state index contributed by atoms with van der Waals surface area (Å²) in [6.07, 6.45) is 8.89. The van der Waals surface area contributed by atoms with E-state index in [9.17, 15) is 4.79 Å². The van der Waals surface area contributed by atoms with Gasteiger partial charge in [0.1, 0.15) is 6.54 Å². The van der Waals surface area contributed by atoms with Crippen molar-refractivity contribution >= 4 is 17.5 Å². The molecule has 4 bridgehead atoms. The molecule has 4 fully saturated rings. The smallest absolute Gasteiger partial charge is 0.246 e. The number of benzene rings is 1. The molecule has 6 rings (SSSR count). The van der Waals surface area contributed by atoms with Crippen molar-refractivity contribution in [3.05, 3.63) is 47.8 Å². The van der Waals surface area contributed by atoms with E-state index in [2.05, 4.69) is 16.7 Å². The number of halogens is 1. The standard InChI is InChI=1S/C23H26ClN3O2/c1-2-7-27(14-20-25-21(26-29-20)18-3-5-19(24)6-4-18)22(28)23-11-15-8-16(12-23)10-17(9-15)13-23/h2-6,15-17H,1,7-14H2. The average molecular weight is 412 g/mol. The van der Waals surface area contributed by atoms with E-state index in [1.165, 1.54) is 19.3 Å². The summed E-state index contributed by atoms with van der Waals surface area (Å²) in [6.45, 7) is 4.68. The second-order valence-electron chi connectivity index (χ2n) is 9.19. The molecule has 6 heteroatoms. The van der Waals surface area contributed by atoms with Crippen LogP contribution in [0.15, 0.2) is 41.4 Å². The lowest BCUT2D eigenvalue weighted by molar-refractivity contribution is -0.158. The van der Waals surface area contributed by atoms with Gasteiger partial charge < -0.3 is 9.42 Å². The minimum atomic E-state index is -0.184. The third-order valence-corrected chi connectivity index (χ3v) is 7.28. The zero-order valence-corrected chi connectivity index (χ0v) is 17.3. The van der Waals surface area contributed by atoms with Crippen LogP contribution < -0.4 is 0 Å². The fourth-order valence-electron chi connectivity index (χ4n) is 6.28. The second kappa shape index (κ2) is 7.28. The van der Waals surface area contributed by atoms with Crippen molar-refractivity contribution in [1.82, 2.24) is 15.0 Å². The Morgan fingerprint density at radius 1 is 1.17 bits per heavy atom. The van der Waals surface area contributed by atoms with Crippen LogP contribution in [0, 0.1) is 23.2 Å². The van der Waals surface area contributed by atoms with Gasteiger partial charge in [-0.25, -0.2) is 0 Å². The molecule has 0 radical (unpaired) electrons. The van der Waals surface area contributed by atoms with Gasteiger partial charge in [0.05, 0.1) is 5.41 Å². The van der Waals surface area contributed by atoms with Gasteiger partial charge in [0.25, 0.3) is 0 Å². The van der Waals surface area contributed by atoms with E-state index in [0.717, 1.165) is 42.6 Å². The molecule has 0 saturated heterocycles. The third-order valence-electron chi connectivity index (χ3n) is 7.03. The van der Waals surface area contributed by atoms with Crippen molar-refractivity contribution in [2.75, 3.05) is 6.54 Å². The molecule has 4 aliphatic rings. The molecule has 4 aliphatic carbocycles. The molecule has 5 nitrogen and oxygen atoms in total. The largest absolute Gasteiger partial charge is 0.337 e. The summed E-state index contributed by atoms with van der Waals surface area (Å²) in [4.78, 5) is 20.1. The van der Waals surface area contributed by atoms with Crippen molar-refractivity contribution in [2.24, 2.45) is 23.2 Å². The van der Waals surface area contributed by atoms with Gasteiger partial charge in [-0.1, -0.05) is 22.8 Å². The first-order valence-electron chi connectivity index (χ1n) is 10.5. The molecule has 0 aliphatic heterocycles. The Kier molecular flexibility index (Phi) is 4.73. The van der Waals surface area contributed by atoms with Crippen LogP contribution in [0.25, 0.3) is 11.4 Å². The molecule has 2 aromatic rings. The predicted octanol–water partition coefficient (Wildman–Crippen LogP) is 5.12. The third kappa shape index (κ3) is 3.50. The van der Waals surface area contributed by atoms with Gasteiger partial charge in [-0.2, -0.15) is 4.98 Å². The van der Waals surface area contributed by atoms with E-state index in [4.69, 9.17) is 16.1 Å². The Balaban J connectivity index is 1.35. The van der Waals surface area contributed by atoms with Crippen LogP contribution in [0.3, 0.4) is 0 Å². The molecule has 29 heavy (non-hydrogen) atoms. The highest BCUT2D eigenvalue weighted by molar-refractivity contribution is 6.30. The maximum atomic E-state index is 13.7. The summed E-state index contributed by atoms with van der Waals surface area (Å²) in [5, 5.41) is 4.75. The first-order valence-corrected chi connectivity index (χ1v) is 10.9. The van der Waals surface area contributed by atoms with Gasteiger partial charge in [0.15, 0.2) is 0 Å². The summed E-state index contributed by atoms with van der Waals surface area (Å²) >= 11 is 5.95. The zero-order valence-electron chi connectivity index (χ0n) is 16.5. The normalized spacial score (nSPS) is 29.8. The van der Waals surface area contributed by atoms with Crippen molar-refractivity contribution in [3.63, 3.8) is 0 Å². The van der Waals surface area contributed by atoms with Gasteiger partial charge in [0.2, 0.25) is 17.6 Å². The maximum absolute atomic E-state index is 13.7. The second-order valence-corrected chi connectivity index (χ2v) is 9.63. The molecule has 1 aromatic heterocycles. The molecule has 1 aromatic carbocycles. The topological polar surface area (TPSA) is 59.2 Å². The highest BCUT2D eigenvalue weighted by Gasteiger charge is 2.55. The average Bonchev–Trinajstić information content (AvgIpc) is 3.15. The number of carbonyl (C=O) groups excluding carboxylic acids is 1. The molecule has 0 N–H and O–H groups in total. The number of amides is 1. The number of aromatic nitrogens is 2. The van der Waals surface area contributed by atoms with Gasteiger partial charge in [-0.05, 0) is 80.5 Å². The van der Waals surface area contributed by atoms with Gasteiger partial charge in [-0.3, -0.25) is 4.79 Å². The van der Waals surface area contributed by atoms with Crippen LogP contribution >= 0.6 is 11.6 Å². The minimum absolute atomic E-state index is 0.184. The van der Waals surface area contributed by atoms with Crippen LogP contribution in [-0.4, -0.2) is 27.5 Å². The Hall–Kier alpha value is -2.14. The summed E-state index contributed by atoms with van der Waals surface area (Å²) in [7, 11) is 0. The Morgan fingerprint density at radius 3 is 2.38 bits per heavy atom. The van der Waals surface area contributed by atoms with Crippen molar-refractivity contribution in [1.29, 1.82) is 0 Å². The predicted molar refractivity (Wildman–Crippen MR) is 111 cm³/mol. The van der Waals surface area contributed by atoms with E-state index in [0.29, 0.717) is 29.8 Å². The van der Waals surface area contributed by atoms with Crippen molar-refractivity contribution in [2.45, 2.75) is 45.1 Å². The van der Waals surface area contributed by atoms with Crippen molar-refractivity contribution in [3.8, 4) is 11.4 Å². The van der Waals surface area contributed by atoms with E-state index in [-0.39, 0.29) is 11.3 Å². The van der Waals surface area contributed by atoms with Gasteiger partial charge >= 0.3 is 0 Å². The fourth-order valence-corrected chi connectivity index (χ4v) is 6.41. The molecule has 4 saturated carbocycles. The number of hydrogen-bond acceptors (Lipinski definition) is 4. The van der Waals surface area contributed by atoms with E-state index in [1.54, 1.807) is 18.2 Å². The zero-order chi connectivity index (χ0) is 20.0. The first kappa shape index (κ1) is 18.9. The van der Waals surface area contributed by atoms with E-state index in [1.807, 2.05) is 17.0 Å². The monoisotopic (exact) mass is 411 g/mol. The minimum Gasteiger partial charge on any atom is -0.337 e. The highest BCUT2D eigenvalue weighted by atomic mass is 35.5. The van der Waals surface area contributed by atoms with Crippen LogP contribution in [0.4, 0.5) is 0 Å². The summed E-state index contributed by atoms with van der Waals surface area (Å²) < 4.78 is 5.47. The quantitative estimate of drug-likeness (QED) is 0.619. The number of nitrogens with zero attached hydrogens (tertiary/aromatic N) is 3. The van der Waals surface area contributed by atoms with Gasteiger partial charge in [-0.15, -0.1) is 6.58 Å². The van der Waals surface area contributed by atoms with E-state index < -0.39 is 0 Å². The molecule has 1 heterocycles. The van der Waals surface area contributed by atoms with Crippen molar-refractivity contribution < 1.29 is 9.32 Å². The molecular formula is C23H26ClN3O2. The summed E-state index contributed by atoms with van der Waals surface area (Å²) in [5.74, 6) is 3.41.